The topological polar surface area (TPSA) is 52.0 Å². The maximum absolute atomic E-state index is 5.95. The summed E-state index contributed by atoms with van der Waals surface area (Å²) in [4.78, 5) is 0. The molecule has 0 radical (unpaired) electrons. The molecule has 2 rings (SSSR count). The fraction of sp³-hybridized carbons (Fsp3) is 0.250. The fourth-order valence-electron chi connectivity index (χ4n) is 1.69. The number of hydrogen-bond acceptors (Lipinski definition) is 3. The van der Waals surface area contributed by atoms with Gasteiger partial charge in [0.15, 0.2) is 0 Å². The SMILES string of the molecule is Cc1cc(C(CN)c2cccc(Cl)c2)on1. The molecule has 1 aromatic heterocycles. The van der Waals surface area contributed by atoms with Crippen LogP contribution in [0.5, 0.6) is 0 Å². The zero-order valence-electron chi connectivity index (χ0n) is 8.98. The van der Waals surface area contributed by atoms with E-state index in [9.17, 15) is 0 Å². The summed E-state index contributed by atoms with van der Waals surface area (Å²) in [7, 11) is 0. The molecular formula is C12H13ClN2O. The van der Waals surface area contributed by atoms with E-state index in [1.807, 2.05) is 37.3 Å². The first-order valence-electron chi connectivity index (χ1n) is 5.09. The van der Waals surface area contributed by atoms with Crippen LogP contribution in [0, 0.1) is 6.92 Å². The smallest absolute Gasteiger partial charge is 0.145 e. The highest BCUT2D eigenvalue weighted by Gasteiger charge is 2.17. The Hall–Kier alpha value is -1.32. The molecule has 0 fully saturated rings. The maximum atomic E-state index is 5.95. The summed E-state index contributed by atoms with van der Waals surface area (Å²) in [5.74, 6) is 0.794. The Bertz CT molecular complexity index is 481. The zero-order valence-corrected chi connectivity index (χ0v) is 9.74. The standard InChI is InChI=1S/C12H13ClN2O/c1-8-5-12(16-15-8)11(7-14)9-3-2-4-10(13)6-9/h2-6,11H,7,14H2,1H3. The number of aromatic nitrogens is 1. The summed E-state index contributed by atoms with van der Waals surface area (Å²) >= 11 is 5.95. The van der Waals surface area contributed by atoms with Crippen molar-refractivity contribution >= 4 is 11.6 Å². The summed E-state index contributed by atoms with van der Waals surface area (Å²) in [5.41, 5.74) is 7.67. The molecule has 0 spiro atoms. The average Bonchev–Trinajstić information content (AvgIpc) is 2.66. The first-order chi connectivity index (χ1) is 7.70. The summed E-state index contributed by atoms with van der Waals surface area (Å²) in [6, 6.07) is 9.53. The van der Waals surface area contributed by atoms with Gasteiger partial charge in [-0.3, -0.25) is 0 Å². The van der Waals surface area contributed by atoms with Crippen molar-refractivity contribution in [3.8, 4) is 0 Å². The van der Waals surface area contributed by atoms with Gasteiger partial charge in [0.25, 0.3) is 0 Å². The molecule has 0 amide bonds. The molecule has 1 atom stereocenters. The zero-order chi connectivity index (χ0) is 11.5. The highest BCUT2D eigenvalue weighted by molar-refractivity contribution is 6.30. The number of benzene rings is 1. The van der Waals surface area contributed by atoms with E-state index in [2.05, 4.69) is 5.16 Å². The molecule has 0 saturated heterocycles. The van der Waals surface area contributed by atoms with Crippen molar-refractivity contribution in [1.29, 1.82) is 0 Å². The number of nitrogens with zero attached hydrogens (tertiary/aromatic N) is 1. The molecular weight excluding hydrogens is 224 g/mol. The maximum Gasteiger partial charge on any atom is 0.145 e. The number of halogens is 1. The van der Waals surface area contributed by atoms with Gasteiger partial charge in [-0.25, -0.2) is 0 Å². The van der Waals surface area contributed by atoms with Crippen LogP contribution in [-0.4, -0.2) is 11.7 Å². The molecule has 4 heteroatoms. The van der Waals surface area contributed by atoms with Gasteiger partial charge in [-0.05, 0) is 24.6 Å². The lowest BCUT2D eigenvalue weighted by molar-refractivity contribution is 0.369. The summed E-state index contributed by atoms with van der Waals surface area (Å²) in [6.45, 7) is 2.35. The van der Waals surface area contributed by atoms with Crippen molar-refractivity contribution in [3.05, 3.63) is 52.4 Å². The fourth-order valence-corrected chi connectivity index (χ4v) is 1.89. The Morgan fingerprint density at radius 2 is 2.25 bits per heavy atom. The number of rotatable bonds is 3. The molecule has 0 aliphatic rings. The van der Waals surface area contributed by atoms with Crippen molar-refractivity contribution in [3.63, 3.8) is 0 Å². The second-order valence-corrected chi connectivity index (χ2v) is 4.15. The molecule has 84 valence electrons. The minimum Gasteiger partial charge on any atom is -0.360 e. The third-order valence-corrected chi connectivity index (χ3v) is 2.71. The molecule has 2 aromatic rings. The third-order valence-electron chi connectivity index (χ3n) is 2.48. The normalized spacial score (nSPS) is 12.7. The van der Waals surface area contributed by atoms with Crippen LogP contribution in [0.3, 0.4) is 0 Å². The largest absolute Gasteiger partial charge is 0.360 e. The van der Waals surface area contributed by atoms with Gasteiger partial charge in [-0.15, -0.1) is 0 Å². The molecule has 0 bridgehead atoms. The average molecular weight is 237 g/mol. The molecule has 16 heavy (non-hydrogen) atoms. The van der Waals surface area contributed by atoms with E-state index in [0.29, 0.717) is 11.6 Å². The van der Waals surface area contributed by atoms with Crippen molar-refractivity contribution in [2.24, 2.45) is 5.73 Å². The van der Waals surface area contributed by atoms with Crippen molar-refractivity contribution in [2.75, 3.05) is 6.54 Å². The third kappa shape index (κ3) is 2.26. The van der Waals surface area contributed by atoms with E-state index in [0.717, 1.165) is 17.0 Å². The van der Waals surface area contributed by atoms with Gasteiger partial charge >= 0.3 is 0 Å². The van der Waals surface area contributed by atoms with Crippen LogP contribution in [0.4, 0.5) is 0 Å². The van der Waals surface area contributed by atoms with Crippen molar-refractivity contribution in [2.45, 2.75) is 12.8 Å². The lowest BCUT2D eigenvalue weighted by atomic mass is 9.96. The first-order valence-corrected chi connectivity index (χ1v) is 5.47. The van der Waals surface area contributed by atoms with Gasteiger partial charge in [-0.1, -0.05) is 28.9 Å². The van der Waals surface area contributed by atoms with Gasteiger partial charge < -0.3 is 10.3 Å². The number of hydrogen-bond donors (Lipinski definition) is 1. The first kappa shape index (κ1) is 11.2. The minimum atomic E-state index is 0.0138. The van der Waals surface area contributed by atoms with Gasteiger partial charge in [0, 0.05) is 17.6 Å². The predicted molar refractivity (Wildman–Crippen MR) is 63.6 cm³/mol. The highest BCUT2D eigenvalue weighted by atomic mass is 35.5. The van der Waals surface area contributed by atoms with Gasteiger partial charge in [0.2, 0.25) is 0 Å². The number of nitrogens with two attached hydrogens (primary N) is 1. The van der Waals surface area contributed by atoms with Crippen LogP contribution in [-0.2, 0) is 0 Å². The van der Waals surface area contributed by atoms with E-state index in [1.165, 1.54) is 0 Å². The van der Waals surface area contributed by atoms with Crippen LogP contribution in [0.15, 0.2) is 34.9 Å². The van der Waals surface area contributed by atoms with Gasteiger partial charge in [0.1, 0.15) is 5.76 Å². The Labute approximate surface area is 99.2 Å². The molecule has 1 unspecified atom stereocenters. The monoisotopic (exact) mass is 236 g/mol. The minimum absolute atomic E-state index is 0.0138. The number of aryl methyl sites for hydroxylation is 1. The molecule has 0 aliphatic heterocycles. The summed E-state index contributed by atoms with van der Waals surface area (Å²) in [6.07, 6.45) is 0. The molecule has 2 N–H and O–H groups in total. The van der Waals surface area contributed by atoms with E-state index in [-0.39, 0.29) is 5.92 Å². The molecule has 3 nitrogen and oxygen atoms in total. The van der Waals surface area contributed by atoms with Gasteiger partial charge in [-0.2, -0.15) is 0 Å². The second kappa shape index (κ2) is 4.68. The van der Waals surface area contributed by atoms with E-state index in [1.54, 1.807) is 0 Å². The van der Waals surface area contributed by atoms with Crippen molar-refractivity contribution < 1.29 is 4.52 Å². The van der Waals surface area contributed by atoms with Gasteiger partial charge in [0.05, 0.1) is 11.6 Å². The Morgan fingerprint density at radius 3 is 2.81 bits per heavy atom. The predicted octanol–water partition coefficient (Wildman–Crippen LogP) is 2.73. The van der Waals surface area contributed by atoms with Crippen LogP contribution in [0.2, 0.25) is 5.02 Å². The lowest BCUT2D eigenvalue weighted by Crippen LogP contribution is -2.13. The summed E-state index contributed by atoms with van der Waals surface area (Å²) in [5, 5.41) is 4.57. The Morgan fingerprint density at radius 1 is 1.44 bits per heavy atom. The van der Waals surface area contributed by atoms with E-state index in [4.69, 9.17) is 21.9 Å². The second-order valence-electron chi connectivity index (χ2n) is 3.71. The molecule has 1 heterocycles. The van der Waals surface area contributed by atoms with Crippen molar-refractivity contribution in [1.82, 2.24) is 5.16 Å². The molecule has 1 aromatic carbocycles. The van der Waals surface area contributed by atoms with Crippen LogP contribution in [0.25, 0.3) is 0 Å². The van der Waals surface area contributed by atoms with Crippen LogP contribution in [0.1, 0.15) is 22.9 Å². The molecule has 0 saturated carbocycles. The Kier molecular flexibility index (Phi) is 3.27. The van der Waals surface area contributed by atoms with Crippen LogP contribution < -0.4 is 5.73 Å². The van der Waals surface area contributed by atoms with E-state index >= 15 is 0 Å². The lowest BCUT2D eigenvalue weighted by Gasteiger charge is -2.11. The summed E-state index contributed by atoms with van der Waals surface area (Å²) < 4.78 is 5.24. The quantitative estimate of drug-likeness (QED) is 0.892. The van der Waals surface area contributed by atoms with Crippen LogP contribution >= 0.6 is 11.6 Å². The Balaban J connectivity index is 2.36. The van der Waals surface area contributed by atoms with E-state index < -0.39 is 0 Å². The molecule has 0 aliphatic carbocycles. The highest BCUT2D eigenvalue weighted by Crippen LogP contribution is 2.26.